The third kappa shape index (κ3) is 3.65. The summed E-state index contributed by atoms with van der Waals surface area (Å²) in [4.78, 5) is 0. The van der Waals surface area contributed by atoms with Crippen LogP contribution in [0.15, 0.2) is 16.6 Å². The summed E-state index contributed by atoms with van der Waals surface area (Å²) in [5.74, 6) is 0.168. The van der Waals surface area contributed by atoms with Crippen LogP contribution >= 0.6 is 27.5 Å². The quantitative estimate of drug-likeness (QED) is 0.797. The Bertz CT molecular complexity index is 357. The van der Waals surface area contributed by atoms with Crippen LogP contribution < -0.4 is 5.32 Å². The zero-order valence-corrected chi connectivity index (χ0v) is 11.9. The van der Waals surface area contributed by atoms with E-state index in [1.54, 1.807) is 6.07 Å². The van der Waals surface area contributed by atoms with Crippen LogP contribution in [-0.4, -0.2) is 11.7 Å². The van der Waals surface area contributed by atoms with Gasteiger partial charge >= 0.3 is 0 Å². The van der Waals surface area contributed by atoms with Crippen molar-refractivity contribution in [1.82, 2.24) is 5.32 Å². The summed E-state index contributed by atoms with van der Waals surface area (Å²) < 4.78 is 0.884. The second-order valence-corrected chi connectivity index (χ2v) is 5.18. The van der Waals surface area contributed by atoms with E-state index in [-0.39, 0.29) is 11.8 Å². The highest BCUT2D eigenvalue weighted by Crippen LogP contribution is 2.34. The zero-order valence-electron chi connectivity index (χ0n) is 9.56. The van der Waals surface area contributed by atoms with Gasteiger partial charge in [-0.1, -0.05) is 40.9 Å². The molecular formula is C12H17BrClNO. The second-order valence-electron chi connectivity index (χ2n) is 3.85. The highest BCUT2D eigenvalue weighted by Gasteiger charge is 2.13. The van der Waals surface area contributed by atoms with Crippen molar-refractivity contribution >= 4 is 27.5 Å². The third-order valence-corrected chi connectivity index (χ3v) is 3.25. The van der Waals surface area contributed by atoms with Crippen molar-refractivity contribution in [3.05, 3.63) is 27.2 Å². The number of aromatic hydroxyl groups is 1. The first kappa shape index (κ1) is 13.8. The lowest BCUT2D eigenvalue weighted by molar-refractivity contribution is 0.451. The van der Waals surface area contributed by atoms with Crippen molar-refractivity contribution in [3.63, 3.8) is 0 Å². The van der Waals surface area contributed by atoms with Gasteiger partial charge < -0.3 is 10.4 Å². The molecule has 0 aliphatic rings. The summed E-state index contributed by atoms with van der Waals surface area (Å²) in [6.45, 7) is 5.12. The molecule has 90 valence electrons. The molecule has 1 unspecified atom stereocenters. The van der Waals surface area contributed by atoms with E-state index in [0.29, 0.717) is 5.02 Å². The van der Waals surface area contributed by atoms with E-state index in [9.17, 15) is 5.11 Å². The monoisotopic (exact) mass is 305 g/mol. The van der Waals surface area contributed by atoms with Crippen LogP contribution in [0.3, 0.4) is 0 Å². The number of rotatable bonds is 5. The van der Waals surface area contributed by atoms with Gasteiger partial charge in [0.2, 0.25) is 0 Å². The Morgan fingerprint density at radius 1 is 1.50 bits per heavy atom. The SMILES string of the molecule is CCCCNC(C)c1cc(Br)cc(Cl)c1O. The Balaban J connectivity index is 2.78. The Kier molecular flexibility index (Phi) is 5.59. The smallest absolute Gasteiger partial charge is 0.139 e. The molecule has 0 heterocycles. The van der Waals surface area contributed by atoms with Gasteiger partial charge in [-0.3, -0.25) is 0 Å². The first-order chi connectivity index (χ1) is 7.56. The van der Waals surface area contributed by atoms with E-state index < -0.39 is 0 Å². The number of halogens is 2. The van der Waals surface area contributed by atoms with E-state index in [1.807, 2.05) is 13.0 Å². The fraction of sp³-hybridized carbons (Fsp3) is 0.500. The molecule has 1 aromatic carbocycles. The van der Waals surface area contributed by atoms with Crippen molar-refractivity contribution in [2.24, 2.45) is 0 Å². The molecule has 0 saturated carbocycles. The van der Waals surface area contributed by atoms with Crippen molar-refractivity contribution in [2.45, 2.75) is 32.7 Å². The van der Waals surface area contributed by atoms with Crippen molar-refractivity contribution in [2.75, 3.05) is 6.54 Å². The van der Waals surface area contributed by atoms with Crippen LogP contribution in [0, 0.1) is 0 Å². The lowest BCUT2D eigenvalue weighted by Crippen LogP contribution is -2.19. The minimum Gasteiger partial charge on any atom is -0.506 e. The molecule has 1 aromatic rings. The maximum Gasteiger partial charge on any atom is 0.139 e. The minimum absolute atomic E-state index is 0.0987. The van der Waals surface area contributed by atoms with Gasteiger partial charge in [0.25, 0.3) is 0 Å². The van der Waals surface area contributed by atoms with Crippen molar-refractivity contribution in [1.29, 1.82) is 0 Å². The average Bonchev–Trinajstić information content (AvgIpc) is 2.23. The molecule has 4 heteroatoms. The number of phenols is 1. The van der Waals surface area contributed by atoms with Gasteiger partial charge in [0.05, 0.1) is 5.02 Å². The van der Waals surface area contributed by atoms with E-state index in [0.717, 1.165) is 29.4 Å². The van der Waals surface area contributed by atoms with Gasteiger partial charge in [0, 0.05) is 16.1 Å². The Morgan fingerprint density at radius 2 is 2.19 bits per heavy atom. The predicted molar refractivity (Wildman–Crippen MR) is 72.1 cm³/mol. The molecule has 0 aliphatic heterocycles. The minimum atomic E-state index is 0.0987. The van der Waals surface area contributed by atoms with Gasteiger partial charge in [-0.15, -0.1) is 0 Å². The molecule has 0 amide bonds. The van der Waals surface area contributed by atoms with E-state index in [4.69, 9.17) is 11.6 Å². The van der Waals surface area contributed by atoms with Crippen molar-refractivity contribution < 1.29 is 5.11 Å². The molecule has 1 atom stereocenters. The van der Waals surface area contributed by atoms with Gasteiger partial charge in [0.15, 0.2) is 0 Å². The Morgan fingerprint density at radius 3 is 2.81 bits per heavy atom. The first-order valence-corrected chi connectivity index (χ1v) is 6.64. The van der Waals surface area contributed by atoms with E-state index >= 15 is 0 Å². The topological polar surface area (TPSA) is 32.3 Å². The highest BCUT2D eigenvalue weighted by molar-refractivity contribution is 9.10. The lowest BCUT2D eigenvalue weighted by atomic mass is 10.1. The van der Waals surface area contributed by atoms with Crippen molar-refractivity contribution in [3.8, 4) is 5.75 Å². The second kappa shape index (κ2) is 6.48. The van der Waals surface area contributed by atoms with Crippen LogP contribution in [0.1, 0.15) is 38.3 Å². The summed E-state index contributed by atoms with van der Waals surface area (Å²) in [7, 11) is 0. The summed E-state index contributed by atoms with van der Waals surface area (Å²) in [5, 5.41) is 13.6. The zero-order chi connectivity index (χ0) is 12.1. The number of hydrogen-bond acceptors (Lipinski definition) is 2. The molecular weight excluding hydrogens is 289 g/mol. The van der Waals surface area contributed by atoms with E-state index in [2.05, 4.69) is 28.2 Å². The number of unbranched alkanes of at least 4 members (excludes halogenated alkanes) is 1. The molecule has 0 aliphatic carbocycles. The van der Waals surface area contributed by atoms with Gasteiger partial charge in [0.1, 0.15) is 5.75 Å². The van der Waals surface area contributed by atoms with Crippen LogP contribution in [0.4, 0.5) is 0 Å². The fourth-order valence-corrected chi connectivity index (χ4v) is 2.36. The van der Waals surface area contributed by atoms with Crippen LogP contribution in [-0.2, 0) is 0 Å². The summed E-state index contributed by atoms with van der Waals surface area (Å²) in [6, 6.07) is 3.69. The van der Waals surface area contributed by atoms with Gasteiger partial charge in [-0.2, -0.15) is 0 Å². The Labute approximate surface area is 110 Å². The number of phenolic OH excluding ortho intramolecular Hbond substituents is 1. The van der Waals surface area contributed by atoms with Crippen LogP contribution in [0.2, 0.25) is 5.02 Å². The van der Waals surface area contributed by atoms with Gasteiger partial charge in [-0.25, -0.2) is 0 Å². The lowest BCUT2D eigenvalue weighted by Gasteiger charge is -2.16. The Hall–Kier alpha value is -0.250. The normalized spacial score (nSPS) is 12.8. The summed E-state index contributed by atoms with van der Waals surface area (Å²) in [5.41, 5.74) is 0.829. The third-order valence-electron chi connectivity index (χ3n) is 2.51. The molecule has 0 spiro atoms. The number of nitrogens with one attached hydrogen (secondary N) is 1. The maximum atomic E-state index is 9.86. The van der Waals surface area contributed by atoms with Gasteiger partial charge in [-0.05, 0) is 32.0 Å². The summed E-state index contributed by atoms with van der Waals surface area (Å²) in [6.07, 6.45) is 2.29. The summed E-state index contributed by atoms with van der Waals surface area (Å²) >= 11 is 9.29. The molecule has 1 rings (SSSR count). The molecule has 2 N–H and O–H groups in total. The molecule has 0 aromatic heterocycles. The standard InChI is InChI=1S/C12H17BrClNO/c1-3-4-5-15-8(2)10-6-9(13)7-11(14)12(10)16/h6-8,15-16H,3-5H2,1-2H3. The maximum absolute atomic E-state index is 9.86. The molecule has 16 heavy (non-hydrogen) atoms. The highest BCUT2D eigenvalue weighted by atomic mass is 79.9. The fourth-order valence-electron chi connectivity index (χ4n) is 1.52. The molecule has 0 saturated heterocycles. The molecule has 2 nitrogen and oxygen atoms in total. The molecule has 0 radical (unpaired) electrons. The van der Waals surface area contributed by atoms with Crippen LogP contribution in [0.5, 0.6) is 5.75 Å². The van der Waals surface area contributed by atoms with Crippen LogP contribution in [0.25, 0.3) is 0 Å². The number of hydrogen-bond donors (Lipinski definition) is 2. The molecule has 0 bridgehead atoms. The molecule has 0 fully saturated rings. The predicted octanol–water partition coefficient (Wildman–Crippen LogP) is 4.26. The average molecular weight is 307 g/mol. The largest absolute Gasteiger partial charge is 0.506 e. The number of benzene rings is 1. The first-order valence-electron chi connectivity index (χ1n) is 5.47. The van der Waals surface area contributed by atoms with E-state index in [1.165, 1.54) is 0 Å².